The number of allylic oxidation sites excluding steroid dienone is 3. The van der Waals surface area contributed by atoms with Crippen LogP contribution in [0.5, 0.6) is 0 Å². The van der Waals surface area contributed by atoms with Crippen LogP contribution in [0.15, 0.2) is 24.3 Å². The van der Waals surface area contributed by atoms with E-state index >= 15 is 0 Å². The molecule has 0 radical (unpaired) electrons. The van der Waals surface area contributed by atoms with Gasteiger partial charge in [0.2, 0.25) is 0 Å². The first-order valence-corrected chi connectivity index (χ1v) is 4.59. The zero-order valence-corrected chi connectivity index (χ0v) is 7.90. The van der Waals surface area contributed by atoms with E-state index in [0.717, 1.165) is 0 Å². The molecule has 0 fully saturated rings. The van der Waals surface area contributed by atoms with Crippen molar-refractivity contribution in [2.75, 3.05) is 0 Å². The van der Waals surface area contributed by atoms with E-state index in [4.69, 9.17) is 0 Å². The Hall–Kier alpha value is -0.520. The van der Waals surface area contributed by atoms with Gasteiger partial charge >= 0.3 is 0 Å². The van der Waals surface area contributed by atoms with Crippen LogP contribution in [0.2, 0.25) is 0 Å². The Bertz CT molecular complexity index is 120. The summed E-state index contributed by atoms with van der Waals surface area (Å²) in [5.74, 6) is 0. The maximum Gasteiger partial charge on any atom is -0.0320 e. The largest absolute Gasteiger partial charge is 0.0999 e. The smallest absolute Gasteiger partial charge is 0.0320 e. The Labute approximate surface area is 71.0 Å². The summed E-state index contributed by atoms with van der Waals surface area (Å²) in [4.78, 5) is 0. The summed E-state index contributed by atoms with van der Waals surface area (Å²) in [5, 5.41) is 0. The van der Waals surface area contributed by atoms with E-state index in [0.29, 0.717) is 0 Å². The molecule has 0 aliphatic carbocycles. The van der Waals surface area contributed by atoms with E-state index < -0.39 is 0 Å². The molecule has 0 heterocycles. The molecule has 0 bridgehead atoms. The topological polar surface area (TPSA) is 0 Å². The molecule has 64 valence electrons. The van der Waals surface area contributed by atoms with E-state index in [9.17, 15) is 0 Å². The minimum Gasteiger partial charge on any atom is -0.0999 e. The lowest BCUT2D eigenvalue weighted by Crippen LogP contribution is -1.80. The Morgan fingerprint density at radius 2 is 2.09 bits per heavy atom. The second-order valence-corrected chi connectivity index (χ2v) is 2.96. The zero-order chi connectivity index (χ0) is 8.53. The Balaban J connectivity index is 3.17. The van der Waals surface area contributed by atoms with Crippen LogP contribution in [0, 0.1) is 0 Å². The molecule has 0 unspecified atom stereocenters. The summed E-state index contributed by atoms with van der Waals surface area (Å²) in [7, 11) is 0. The summed E-state index contributed by atoms with van der Waals surface area (Å²) in [5.41, 5.74) is 1.41. The molecule has 0 aromatic heterocycles. The maximum atomic E-state index is 4.02. The lowest BCUT2D eigenvalue weighted by atomic mass is 10.1. The van der Waals surface area contributed by atoms with Crippen LogP contribution in [0.25, 0.3) is 0 Å². The van der Waals surface area contributed by atoms with Gasteiger partial charge in [-0.05, 0) is 32.6 Å². The van der Waals surface area contributed by atoms with E-state index in [1.165, 1.54) is 37.7 Å². The molecule has 0 spiro atoms. The van der Waals surface area contributed by atoms with Crippen LogP contribution in [0.3, 0.4) is 0 Å². The number of unbranched alkanes of at least 4 members (excludes halogenated alkanes) is 1. The van der Waals surface area contributed by atoms with Gasteiger partial charge in [0.15, 0.2) is 0 Å². The zero-order valence-electron chi connectivity index (χ0n) is 7.90. The summed E-state index contributed by atoms with van der Waals surface area (Å²) >= 11 is 0. The van der Waals surface area contributed by atoms with E-state index in [-0.39, 0.29) is 0 Å². The standard InChI is InChI=1S/C11H20/c1-4-6-7-8-10-11(3)9-5-2/h4,6H,3,5,7-10H2,1-2H3/b6-4-. The van der Waals surface area contributed by atoms with Gasteiger partial charge in [0.1, 0.15) is 0 Å². The van der Waals surface area contributed by atoms with E-state index in [1.807, 2.05) is 0 Å². The molecule has 0 saturated heterocycles. The number of hydrogen-bond acceptors (Lipinski definition) is 0. The van der Waals surface area contributed by atoms with Crippen LogP contribution in [0.1, 0.15) is 46.0 Å². The second kappa shape index (κ2) is 7.59. The lowest BCUT2D eigenvalue weighted by Gasteiger charge is -2.00. The van der Waals surface area contributed by atoms with Gasteiger partial charge in [-0.1, -0.05) is 37.6 Å². The monoisotopic (exact) mass is 152 g/mol. The highest BCUT2D eigenvalue weighted by Gasteiger charge is 1.90. The van der Waals surface area contributed by atoms with Gasteiger partial charge < -0.3 is 0 Å². The third kappa shape index (κ3) is 7.38. The van der Waals surface area contributed by atoms with Crippen LogP contribution < -0.4 is 0 Å². The van der Waals surface area contributed by atoms with Gasteiger partial charge in [-0.25, -0.2) is 0 Å². The molecule has 0 nitrogen and oxygen atoms in total. The van der Waals surface area contributed by atoms with Crippen molar-refractivity contribution in [2.45, 2.75) is 46.0 Å². The lowest BCUT2D eigenvalue weighted by molar-refractivity contribution is 0.772. The van der Waals surface area contributed by atoms with E-state index in [1.54, 1.807) is 0 Å². The first kappa shape index (κ1) is 10.5. The van der Waals surface area contributed by atoms with Gasteiger partial charge in [0.05, 0.1) is 0 Å². The molecular formula is C11H20. The normalized spacial score (nSPS) is 10.7. The predicted octanol–water partition coefficient (Wildman–Crippen LogP) is 4.09. The van der Waals surface area contributed by atoms with Crippen molar-refractivity contribution in [3.8, 4) is 0 Å². The summed E-state index contributed by atoms with van der Waals surface area (Å²) < 4.78 is 0. The first-order chi connectivity index (χ1) is 5.31. The van der Waals surface area contributed by atoms with Crippen LogP contribution in [0.4, 0.5) is 0 Å². The van der Waals surface area contributed by atoms with Crippen molar-refractivity contribution in [2.24, 2.45) is 0 Å². The minimum atomic E-state index is 1.20. The highest BCUT2D eigenvalue weighted by molar-refractivity contribution is 4.93. The van der Waals surface area contributed by atoms with Crippen molar-refractivity contribution >= 4 is 0 Å². The van der Waals surface area contributed by atoms with Crippen LogP contribution in [-0.4, -0.2) is 0 Å². The van der Waals surface area contributed by atoms with Crippen LogP contribution >= 0.6 is 0 Å². The van der Waals surface area contributed by atoms with Crippen molar-refractivity contribution in [1.29, 1.82) is 0 Å². The molecule has 0 amide bonds. The van der Waals surface area contributed by atoms with Crippen molar-refractivity contribution in [3.05, 3.63) is 24.3 Å². The molecule has 0 aromatic rings. The fourth-order valence-corrected chi connectivity index (χ4v) is 1.12. The fourth-order valence-electron chi connectivity index (χ4n) is 1.12. The van der Waals surface area contributed by atoms with Crippen molar-refractivity contribution < 1.29 is 0 Å². The second-order valence-electron chi connectivity index (χ2n) is 2.96. The number of hydrogen-bond donors (Lipinski definition) is 0. The summed E-state index contributed by atoms with van der Waals surface area (Å²) in [6.45, 7) is 8.29. The van der Waals surface area contributed by atoms with Crippen LogP contribution in [-0.2, 0) is 0 Å². The first-order valence-electron chi connectivity index (χ1n) is 4.59. The predicted molar refractivity (Wildman–Crippen MR) is 52.7 cm³/mol. The van der Waals surface area contributed by atoms with Gasteiger partial charge in [-0.2, -0.15) is 0 Å². The van der Waals surface area contributed by atoms with Crippen molar-refractivity contribution in [3.63, 3.8) is 0 Å². The van der Waals surface area contributed by atoms with Gasteiger partial charge in [0.25, 0.3) is 0 Å². The fraction of sp³-hybridized carbons (Fsp3) is 0.636. The average molecular weight is 152 g/mol. The van der Waals surface area contributed by atoms with Gasteiger partial charge in [0, 0.05) is 0 Å². The SMILES string of the molecule is C=C(CCC)CCC/C=C\C. The average Bonchev–Trinajstić information content (AvgIpc) is 1.99. The maximum absolute atomic E-state index is 4.02. The summed E-state index contributed by atoms with van der Waals surface area (Å²) in [6, 6.07) is 0. The third-order valence-electron chi connectivity index (χ3n) is 1.74. The van der Waals surface area contributed by atoms with Crippen molar-refractivity contribution in [1.82, 2.24) is 0 Å². The molecule has 0 rings (SSSR count). The summed E-state index contributed by atoms with van der Waals surface area (Å²) in [6.07, 6.45) is 10.5. The Kier molecular flexibility index (Phi) is 7.23. The molecule has 0 aromatic carbocycles. The molecule has 0 aliphatic rings. The molecule has 0 N–H and O–H groups in total. The minimum absolute atomic E-state index is 1.20. The molecule has 0 aliphatic heterocycles. The Morgan fingerprint density at radius 3 is 2.64 bits per heavy atom. The third-order valence-corrected chi connectivity index (χ3v) is 1.74. The molecule has 0 heteroatoms. The molecular weight excluding hydrogens is 132 g/mol. The highest BCUT2D eigenvalue weighted by Crippen LogP contribution is 2.10. The molecule has 0 atom stereocenters. The Morgan fingerprint density at radius 1 is 1.36 bits per heavy atom. The van der Waals surface area contributed by atoms with Gasteiger partial charge in [-0.15, -0.1) is 0 Å². The quantitative estimate of drug-likeness (QED) is 0.397. The van der Waals surface area contributed by atoms with Gasteiger partial charge in [-0.3, -0.25) is 0 Å². The number of rotatable bonds is 6. The highest BCUT2D eigenvalue weighted by atomic mass is 14.0. The molecule has 11 heavy (non-hydrogen) atoms. The molecule has 0 saturated carbocycles. The van der Waals surface area contributed by atoms with E-state index in [2.05, 4.69) is 32.6 Å².